The molecule has 1 aliphatic rings. The van der Waals surface area contributed by atoms with E-state index in [1.165, 1.54) is 12.8 Å². The van der Waals surface area contributed by atoms with E-state index in [1.54, 1.807) is 0 Å². The largest absolute Gasteiger partial charge is 0.354 e. The molecule has 2 heterocycles. The topological polar surface area (TPSA) is 44.3 Å². The van der Waals surface area contributed by atoms with Crippen molar-refractivity contribution < 1.29 is 0 Å². The van der Waals surface area contributed by atoms with E-state index >= 15 is 0 Å². The molecule has 20 heavy (non-hydrogen) atoms. The molecule has 1 aliphatic heterocycles. The number of rotatable bonds is 6. The van der Waals surface area contributed by atoms with E-state index in [2.05, 4.69) is 58.5 Å². The second-order valence-electron chi connectivity index (χ2n) is 5.77. The molecule has 1 fully saturated rings. The molecule has 0 aromatic carbocycles. The van der Waals surface area contributed by atoms with E-state index < -0.39 is 0 Å². The lowest BCUT2D eigenvalue weighted by Gasteiger charge is -2.36. The molecule has 1 N–H and O–H groups in total. The number of hydrogen-bond donors (Lipinski definition) is 1. The fourth-order valence-corrected chi connectivity index (χ4v) is 2.59. The summed E-state index contributed by atoms with van der Waals surface area (Å²) in [4.78, 5) is 4.66. The van der Waals surface area contributed by atoms with Crippen molar-refractivity contribution in [3.8, 4) is 0 Å². The van der Waals surface area contributed by atoms with Gasteiger partial charge in [-0.3, -0.25) is 0 Å². The maximum Gasteiger partial charge on any atom is 0.151 e. The average molecular weight is 277 g/mol. The number of nitrogens with one attached hydrogen (secondary N) is 1. The molecule has 0 bridgehead atoms. The SMILES string of the molecule is CCCNCc1ccc(N2CCCC(N(C)C)C2)nn1. The number of nitrogens with zero attached hydrogens (tertiary/aromatic N) is 4. The van der Waals surface area contributed by atoms with E-state index in [0.29, 0.717) is 6.04 Å². The van der Waals surface area contributed by atoms with Gasteiger partial charge in [-0.2, -0.15) is 5.10 Å². The molecule has 1 atom stereocenters. The van der Waals surface area contributed by atoms with Crippen LogP contribution in [0.1, 0.15) is 31.9 Å². The zero-order chi connectivity index (χ0) is 14.4. The predicted molar refractivity (Wildman–Crippen MR) is 83.0 cm³/mol. The Morgan fingerprint density at radius 1 is 1.35 bits per heavy atom. The van der Waals surface area contributed by atoms with Crippen LogP contribution in [0.3, 0.4) is 0 Å². The first-order valence-corrected chi connectivity index (χ1v) is 7.65. The zero-order valence-corrected chi connectivity index (χ0v) is 13.0. The Kier molecular flexibility index (Phi) is 5.73. The molecule has 0 saturated carbocycles. The van der Waals surface area contributed by atoms with Crippen LogP contribution in [0.15, 0.2) is 12.1 Å². The van der Waals surface area contributed by atoms with Gasteiger partial charge in [-0.25, -0.2) is 0 Å². The standard InChI is InChI=1S/C15H27N5/c1-4-9-16-11-13-7-8-15(18-17-13)20-10-5-6-14(12-20)19(2)3/h7-8,14,16H,4-6,9-12H2,1-3H3. The summed E-state index contributed by atoms with van der Waals surface area (Å²) in [5, 5.41) is 12.1. The molecule has 112 valence electrons. The summed E-state index contributed by atoms with van der Waals surface area (Å²) in [6.07, 6.45) is 3.64. The predicted octanol–water partition coefficient (Wildman–Crippen LogP) is 1.51. The van der Waals surface area contributed by atoms with Crippen LogP contribution < -0.4 is 10.2 Å². The monoisotopic (exact) mass is 277 g/mol. The molecule has 1 unspecified atom stereocenters. The van der Waals surface area contributed by atoms with E-state index in [-0.39, 0.29) is 0 Å². The van der Waals surface area contributed by atoms with Crippen LogP contribution in [0.25, 0.3) is 0 Å². The van der Waals surface area contributed by atoms with Gasteiger partial charge in [0.05, 0.1) is 5.69 Å². The molecule has 2 rings (SSSR count). The van der Waals surface area contributed by atoms with Crippen LogP contribution in [-0.4, -0.2) is 54.9 Å². The summed E-state index contributed by atoms with van der Waals surface area (Å²) in [5.41, 5.74) is 1.02. The normalized spacial score (nSPS) is 19.6. The van der Waals surface area contributed by atoms with Crippen LogP contribution in [-0.2, 0) is 6.54 Å². The van der Waals surface area contributed by atoms with Gasteiger partial charge in [0.1, 0.15) is 0 Å². The van der Waals surface area contributed by atoms with Crippen molar-refractivity contribution in [1.82, 2.24) is 20.4 Å². The highest BCUT2D eigenvalue weighted by Crippen LogP contribution is 2.19. The Morgan fingerprint density at radius 3 is 2.85 bits per heavy atom. The highest BCUT2D eigenvalue weighted by atomic mass is 15.3. The molecule has 0 aliphatic carbocycles. The third kappa shape index (κ3) is 4.15. The van der Waals surface area contributed by atoms with Crippen LogP contribution in [0.5, 0.6) is 0 Å². The fourth-order valence-electron chi connectivity index (χ4n) is 2.59. The molecular weight excluding hydrogens is 250 g/mol. The van der Waals surface area contributed by atoms with Gasteiger partial charge in [0.2, 0.25) is 0 Å². The van der Waals surface area contributed by atoms with Gasteiger partial charge in [0, 0.05) is 25.7 Å². The van der Waals surface area contributed by atoms with Gasteiger partial charge in [-0.05, 0) is 52.0 Å². The van der Waals surface area contributed by atoms with Crippen LogP contribution in [0, 0.1) is 0 Å². The number of hydrogen-bond acceptors (Lipinski definition) is 5. The summed E-state index contributed by atoms with van der Waals surface area (Å²) >= 11 is 0. The van der Waals surface area contributed by atoms with Crippen molar-refractivity contribution in [3.63, 3.8) is 0 Å². The molecule has 5 nitrogen and oxygen atoms in total. The van der Waals surface area contributed by atoms with Gasteiger partial charge in [-0.15, -0.1) is 5.10 Å². The Balaban J connectivity index is 1.92. The average Bonchev–Trinajstić information content (AvgIpc) is 2.48. The van der Waals surface area contributed by atoms with Crippen molar-refractivity contribution in [2.75, 3.05) is 38.6 Å². The number of piperidine rings is 1. The minimum absolute atomic E-state index is 0.622. The Labute approximate surface area is 122 Å². The summed E-state index contributed by atoms with van der Waals surface area (Å²) < 4.78 is 0. The van der Waals surface area contributed by atoms with E-state index in [1.807, 2.05) is 0 Å². The molecule has 0 radical (unpaired) electrons. The number of aromatic nitrogens is 2. The van der Waals surface area contributed by atoms with Crippen molar-refractivity contribution in [2.45, 2.75) is 38.8 Å². The van der Waals surface area contributed by atoms with Gasteiger partial charge < -0.3 is 15.1 Å². The lowest BCUT2D eigenvalue weighted by Crippen LogP contribution is -2.45. The first kappa shape index (κ1) is 15.2. The summed E-state index contributed by atoms with van der Waals surface area (Å²) in [5.74, 6) is 1.01. The highest BCUT2D eigenvalue weighted by molar-refractivity contribution is 5.38. The molecule has 1 saturated heterocycles. The lowest BCUT2D eigenvalue weighted by atomic mass is 10.1. The van der Waals surface area contributed by atoms with E-state index in [0.717, 1.165) is 44.1 Å². The molecule has 1 aromatic heterocycles. The fraction of sp³-hybridized carbons (Fsp3) is 0.733. The van der Waals surface area contributed by atoms with E-state index in [9.17, 15) is 0 Å². The molecular formula is C15H27N5. The van der Waals surface area contributed by atoms with Crippen molar-refractivity contribution in [2.24, 2.45) is 0 Å². The number of likely N-dealkylation sites (N-methyl/N-ethyl adjacent to an activating group) is 1. The Morgan fingerprint density at radius 2 is 2.20 bits per heavy atom. The number of anilines is 1. The second-order valence-corrected chi connectivity index (χ2v) is 5.77. The summed E-state index contributed by atoms with van der Waals surface area (Å²) in [6.45, 7) is 6.14. The van der Waals surface area contributed by atoms with Crippen LogP contribution >= 0.6 is 0 Å². The highest BCUT2D eigenvalue weighted by Gasteiger charge is 2.22. The molecule has 0 amide bonds. The zero-order valence-electron chi connectivity index (χ0n) is 13.0. The Hall–Kier alpha value is -1.20. The minimum atomic E-state index is 0.622. The lowest BCUT2D eigenvalue weighted by molar-refractivity contribution is 0.257. The minimum Gasteiger partial charge on any atom is -0.354 e. The van der Waals surface area contributed by atoms with Gasteiger partial charge in [0.15, 0.2) is 5.82 Å². The second kappa shape index (κ2) is 7.55. The third-order valence-electron chi connectivity index (χ3n) is 3.89. The smallest absolute Gasteiger partial charge is 0.151 e. The van der Waals surface area contributed by atoms with Crippen LogP contribution in [0.2, 0.25) is 0 Å². The van der Waals surface area contributed by atoms with Crippen molar-refractivity contribution in [1.29, 1.82) is 0 Å². The van der Waals surface area contributed by atoms with Gasteiger partial charge in [0.25, 0.3) is 0 Å². The van der Waals surface area contributed by atoms with Gasteiger partial charge >= 0.3 is 0 Å². The molecule has 1 aromatic rings. The first-order chi connectivity index (χ1) is 9.70. The maximum atomic E-state index is 4.39. The van der Waals surface area contributed by atoms with Gasteiger partial charge in [-0.1, -0.05) is 6.92 Å². The quantitative estimate of drug-likeness (QED) is 0.799. The molecule has 5 heteroatoms. The van der Waals surface area contributed by atoms with Crippen molar-refractivity contribution in [3.05, 3.63) is 17.8 Å². The van der Waals surface area contributed by atoms with Crippen LogP contribution in [0.4, 0.5) is 5.82 Å². The molecule has 0 spiro atoms. The Bertz CT molecular complexity index is 390. The first-order valence-electron chi connectivity index (χ1n) is 7.65. The summed E-state index contributed by atoms with van der Waals surface area (Å²) in [7, 11) is 4.31. The van der Waals surface area contributed by atoms with E-state index in [4.69, 9.17) is 0 Å². The van der Waals surface area contributed by atoms with Crippen molar-refractivity contribution >= 4 is 5.82 Å². The third-order valence-corrected chi connectivity index (χ3v) is 3.89. The maximum absolute atomic E-state index is 4.39. The summed E-state index contributed by atoms with van der Waals surface area (Å²) in [6, 6.07) is 4.81.